The molecule has 2 heterocycles. The molecule has 0 aliphatic heterocycles. The van der Waals surface area contributed by atoms with Crippen LogP contribution in [0.1, 0.15) is 14.5 Å². The maximum atomic E-state index is 11.7. The molecule has 0 radical (unpaired) electrons. The van der Waals surface area contributed by atoms with Crippen molar-refractivity contribution in [1.29, 1.82) is 0 Å². The van der Waals surface area contributed by atoms with Crippen LogP contribution in [0.4, 0.5) is 10.8 Å². The largest absolute Gasteiger partial charge is 0.465 e. The highest BCUT2D eigenvalue weighted by atomic mass is 32.1. The van der Waals surface area contributed by atoms with Crippen molar-refractivity contribution in [3.63, 3.8) is 0 Å². The fraction of sp³-hybridized carbons (Fsp3) is 0.0909. The number of carbonyl (C=O) groups is 1. The van der Waals surface area contributed by atoms with E-state index in [0.29, 0.717) is 4.88 Å². The number of hydrogen-bond donors (Lipinski definition) is 1. The van der Waals surface area contributed by atoms with Crippen molar-refractivity contribution in [2.24, 2.45) is 0 Å². The summed E-state index contributed by atoms with van der Waals surface area (Å²) in [5, 5.41) is 6.07. The van der Waals surface area contributed by atoms with E-state index in [9.17, 15) is 4.79 Å². The highest BCUT2D eigenvalue weighted by molar-refractivity contribution is 7.15. The number of nitrogens with zero attached hydrogens (tertiary/aromatic N) is 1. The number of anilines is 2. The minimum atomic E-state index is -0.323. The van der Waals surface area contributed by atoms with Gasteiger partial charge in [-0.1, -0.05) is 18.2 Å². The molecule has 2 aromatic carbocycles. The predicted molar refractivity (Wildman–Crippen MR) is 118 cm³/mol. The molecule has 0 bridgehead atoms. The molecular weight excluding hydrogens is 404 g/mol. The molecule has 146 valence electrons. The lowest BCUT2D eigenvalue weighted by molar-refractivity contribution is 0.0606. The molecule has 7 heteroatoms. The van der Waals surface area contributed by atoms with Crippen LogP contribution in [0.15, 0.2) is 66.0 Å². The maximum Gasteiger partial charge on any atom is 0.348 e. The summed E-state index contributed by atoms with van der Waals surface area (Å²) in [5.74, 6) is 1.25. The molecule has 4 aromatic rings. The van der Waals surface area contributed by atoms with E-state index in [1.54, 1.807) is 0 Å². The SMILES string of the molecule is COC(=O)c1cc(-c2csc(Nc3ccc(Oc4ccccc4)cc3)n2)c(C)s1. The number of methoxy groups -OCH3 is 1. The van der Waals surface area contributed by atoms with E-state index in [1.807, 2.05) is 73.0 Å². The van der Waals surface area contributed by atoms with Crippen molar-refractivity contribution < 1.29 is 14.3 Å². The molecule has 0 spiro atoms. The van der Waals surface area contributed by atoms with Gasteiger partial charge in [0, 0.05) is 21.5 Å². The van der Waals surface area contributed by atoms with Crippen LogP contribution in [-0.4, -0.2) is 18.1 Å². The van der Waals surface area contributed by atoms with Gasteiger partial charge in [0.05, 0.1) is 12.8 Å². The third kappa shape index (κ3) is 4.47. The molecular formula is C22H18N2O3S2. The molecule has 0 aliphatic carbocycles. The van der Waals surface area contributed by atoms with E-state index in [1.165, 1.54) is 29.8 Å². The molecule has 0 fully saturated rings. The van der Waals surface area contributed by atoms with E-state index in [-0.39, 0.29) is 5.97 Å². The lowest BCUT2D eigenvalue weighted by atomic mass is 10.2. The van der Waals surface area contributed by atoms with Gasteiger partial charge in [-0.15, -0.1) is 22.7 Å². The molecule has 0 amide bonds. The standard InChI is InChI=1S/C22H18N2O3S2/c1-14-18(12-20(29-14)21(25)26-2)19-13-28-22(24-19)23-15-8-10-17(11-9-15)27-16-6-4-3-5-7-16/h3-13H,1-2H3,(H,23,24). The van der Waals surface area contributed by atoms with Crippen molar-refractivity contribution in [3.8, 4) is 22.8 Å². The summed E-state index contributed by atoms with van der Waals surface area (Å²) >= 11 is 2.93. The van der Waals surface area contributed by atoms with E-state index < -0.39 is 0 Å². The van der Waals surface area contributed by atoms with Gasteiger partial charge >= 0.3 is 5.97 Å². The maximum absolute atomic E-state index is 11.7. The lowest BCUT2D eigenvalue weighted by Gasteiger charge is -2.07. The average Bonchev–Trinajstić information content (AvgIpc) is 3.36. The number of para-hydroxylation sites is 1. The molecule has 0 saturated heterocycles. The van der Waals surface area contributed by atoms with Gasteiger partial charge in [-0.2, -0.15) is 0 Å². The normalized spacial score (nSPS) is 10.6. The van der Waals surface area contributed by atoms with Gasteiger partial charge in [0.25, 0.3) is 0 Å². The number of ether oxygens (including phenoxy) is 2. The Labute approximate surface area is 176 Å². The van der Waals surface area contributed by atoms with Crippen molar-refractivity contribution >= 4 is 39.5 Å². The zero-order valence-corrected chi connectivity index (χ0v) is 17.5. The van der Waals surface area contributed by atoms with Gasteiger partial charge in [-0.05, 0) is 49.4 Å². The van der Waals surface area contributed by atoms with Gasteiger partial charge in [0.1, 0.15) is 16.4 Å². The molecule has 0 atom stereocenters. The Morgan fingerprint density at radius 3 is 2.48 bits per heavy atom. The third-order valence-corrected chi connectivity index (χ3v) is 5.96. The van der Waals surface area contributed by atoms with E-state index >= 15 is 0 Å². The van der Waals surface area contributed by atoms with Gasteiger partial charge in [-0.3, -0.25) is 0 Å². The van der Waals surface area contributed by atoms with Crippen molar-refractivity contribution in [2.75, 3.05) is 12.4 Å². The third-order valence-electron chi connectivity index (χ3n) is 4.17. The Bertz CT molecular complexity index is 1120. The molecule has 0 saturated carbocycles. The number of benzene rings is 2. The predicted octanol–water partition coefficient (Wildman–Crippen LogP) is 6.50. The molecule has 29 heavy (non-hydrogen) atoms. The first-order chi connectivity index (χ1) is 14.1. The van der Waals surface area contributed by atoms with E-state index in [0.717, 1.165) is 38.5 Å². The Kier molecular flexibility index (Phi) is 5.59. The second-order valence-corrected chi connectivity index (χ2v) is 8.29. The number of esters is 1. The number of carbonyl (C=O) groups excluding carboxylic acids is 1. The van der Waals surface area contributed by atoms with E-state index in [2.05, 4.69) is 10.3 Å². The summed E-state index contributed by atoms with van der Waals surface area (Å²) in [6.45, 7) is 1.98. The zero-order valence-electron chi connectivity index (χ0n) is 15.8. The van der Waals surface area contributed by atoms with Crippen molar-refractivity contribution in [3.05, 3.63) is 75.8 Å². The highest BCUT2D eigenvalue weighted by Gasteiger charge is 2.16. The van der Waals surface area contributed by atoms with Crippen LogP contribution in [0.25, 0.3) is 11.3 Å². The van der Waals surface area contributed by atoms with Crippen LogP contribution in [0.3, 0.4) is 0 Å². The first kappa shape index (κ1) is 19.2. The second kappa shape index (κ2) is 8.46. The summed E-state index contributed by atoms with van der Waals surface area (Å²) in [6.07, 6.45) is 0. The number of aryl methyl sites for hydroxylation is 1. The zero-order chi connectivity index (χ0) is 20.2. The number of hydrogen-bond acceptors (Lipinski definition) is 7. The van der Waals surface area contributed by atoms with Gasteiger partial charge in [0.15, 0.2) is 5.13 Å². The Morgan fingerprint density at radius 1 is 1.03 bits per heavy atom. The van der Waals surface area contributed by atoms with Crippen LogP contribution in [0, 0.1) is 6.92 Å². The Balaban J connectivity index is 1.45. The molecule has 5 nitrogen and oxygen atoms in total. The van der Waals surface area contributed by atoms with Crippen LogP contribution < -0.4 is 10.1 Å². The first-order valence-electron chi connectivity index (χ1n) is 8.87. The molecule has 0 unspecified atom stereocenters. The quantitative estimate of drug-likeness (QED) is 0.359. The summed E-state index contributed by atoms with van der Waals surface area (Å²) < 4.78 is 10.6. The molecule has 2 aromatic heterocycles. The number of nitrogens with one attached hydrogen (secondary N) is 1. The van der Waals surface area contributed by atoms with Gasteiger partial charge < -0.3 is 14.8 Å². The van der Waals surface area contributed by atoms with Crippen LogP contribution in [-0.2, 0) is 4.74 Å². The minimum absolute atomic E-state index is 0.323. The fourth-order valence-corrected chi connectivity index (χ4v) is 4.42. The lowest BCUT2D eigenvalue weighted by Crippen LogP contribution is -1.96. The summed E-state index contributed by atoms with van der Waals surface area (Å²) in [7, 11) is 1.39. The van der Waals surface area contributed by atoms with Gasteiger partial charge in [0.2, 0.25) is 0 Å². The van der Waals surface area contributed by atoms with Crippen LogP contribution in [0.2, 0.25) is 0 Å². The second-order valence-electron chi connectivity index (χ2n) is 6.17. The van der Waals surface area contributed by atoms with Crippen molar-refractivity contribution in [1.82, 2.24) is 4.98 Å². The molecule has 1 N–H and O–H groups in total. The number of thiazole rings is 1. The minimum Gasteiger partial charge on any atom is -0.465 e. The Morgan fingerprint density at radius 2 is 1.76 bits per heavy atom. The van der Waals surface area contributed by atoms with Crippen molar-refractivity contribution in [2.45, 2.75) is 6.92 Å². The summed E-state index contributed by atoms with van der Waals surface area (Å²) in [6, 6.07) is 19.2. The fourth-order valence-electron chi connectivity index (χ4n) is 2.75. The first-order valence-corrected chi connectivity index (χ1v) is 10.6. The van der Waals surface area contributed by atoms with Crippen LogP contribution in [0.5, 0.6) is 11.5 Å². The summed E-state index contributed by atoms with van der Waals surface area (Å²) in [5.41, 5.74) is 2.71. The molecule has 4 rings (SSSR count). The topological polar surface area (TPSA) is 60.5 Å². The number of aromatic nitrogens is 1. The monoisotopic (exact) mass is 422 g/mol. The smallest absolute Gasteiger partial charge is 0.348 e. The van der Waals surface area contributed by atoms with Crippen LogP contribution >= 0.6 is 22.7 Å². The summed E-state index contributed by atoms with van der Waals surface area (Å²) in [4.78, 5) is 18.0. The highest BCUT2D eigenvalue weighted by Crippen LogP contribution is 2.34. The van der Waals surface area contributed by atoms with Gasteiger partial charge in [-0.25, -0.2) is 9.78 Å². The number of thiophene rings is 1. The number of rotatable bonds is 6. The Hall–Kier alpha value is -3.16. The average molecular weight is 423 g/mol. The van der Waals surface area contributed by atoms with E-state index in [4.69, 9.17) is 9.47 Å². The molecule has 0 aliphatic rings.